The van der Waals surface area contributed by atoms with Gasteiger partial charge in [0.05, 0.1) is 6.54 Å². The Morgan fingerprint density at radius 1 is 1.33 bits per heavy atom. The molecule has 3 nitrogen and oxygen atoms in total. The molecule has 2 rings (SSSR count). The SMILES string of the molecule is CC1(C)C(C=O)C1CNCC(=O)c1ccccc1. The van der Waals surface area contributed by atoms with Crippen LogP contribution in [0.4, 0.5) is 0 Å². The first kappa shape index (κ1) is 13.0. The third-order valence-electron chi connectivity index (χ3n) is 4.03. The molecule has 96 valence electrons. The molecule has 0 radical (unpaired) electrons. The molecule has 0 aromatic heterocycles. The van der Waals surface area contributed by atoms with Crippen LogP contribution >= 0.6 is 0 Å². The molecule has 18 heavy (non-hydrogen) atoms. The summed E-state index contributed by atoms with van der Waals surface area (Å²) in [7, 11) is 0. The fourth-order valence-corrected chi connectivity index (χ4v) is 2.51. The first-order valence-corrected chi connectivity index (χ1v) is 6.31. The van der Waals surface area contributed by atoms with E-state index in [0.29, 0.717) is 12.5 Å². The molecular weight excluding hydrogens is 226 g/mol. The molecule has 1 saturated carbocycles. The molecule has 0 spiro atoms. The van der Waals surface area contributed by atoms with E-state index in [2.05, 4.69) is 19.2 Å². The first-order valence-electron chi connectivity index (χ1n) is 6.31. The fraction of sp³-hybridized carbons (Fsp3) is 0.467. The Kier molecular flexibility index (Phi) is 3.62. The highest BCUT2D eigenvalue weighted by Gasteiger charge is 2.56. The van der Waals surface area contributed by atoms with Crippen molar-refractivity contribution in [2.24, 2.45) is 17.3 Å². The van der Waals surface area contributed by atoms with Crippen molar-refractivity contribution in [1.29, 1.82) is 0 Å². The molecule has 0 aliphatic heterocycles. The van der Waals surface area contributed by atoms with Crippen molar-refractivity contribution in [1.82, 2.24) is 5.32 Å². The second-order valence-electron chi connectivity index (χ2n) is 5.51. The minimum Gasteiger partial charge on any atom is -0.309 e. The van der Waals surface area contributed by atoms with Crippen molar-refractivity contribution in [3.05, 3.63) is 35.9 Å². The van der Waals surface area contributed by atoms with Crippen LogP contribution in [0.2, 0.25) is 0 Å². The number of rotatable bonds is 6. The number of nitrogens with one attached hydrogen (secondary N) is 1. The predicted octanol–water partition coefficient (Wildman–Crippen LogP) is 1.93. The van der Waals surface area contributed by atoms with Gasteiger partial charge < -0.3 is 10.1 Å². The predicted molar refractivity (Wildman–Crippen MR) is 70.5 cm³/mol. The lowest BCUT2D eigenvalue weighted by molar-refractivity contribution is -0.109. The van der Waals surface area contributed by atoms with Crippen LogP contribution < -0.4 is 5.32 Å². The van der Waals surface area contributed by atoms with Crippen molar-refractivity contribution in [2.75, 3.05) is 13.1 Å². The summed E-state index contributed by atoms with van der Waals surface area (Å²) in [5.74, 6) is 0.590. The fourth-order valence-electron chi connectivity index (χ4n) is 2.51. The third-order valence-corrected chi connectivity index (χ3v) is 4.03. The largest absolute Gasteiger partial charge is 0.309 e. The normalized spacial score (nSPS) is 24.6. The highest BCUT2D eigenvalue weighted by molar-refractivity contribution is 5.97. The zero-order chi connectivity index (χ0) is 13.2. The van der Waals surface area contributed by atoms with Gasteiger partial charge in [-0.2, -0.15) is 0 Å². The van der Waals surface area contributed by atoms with Gasteiger partial charge in [0.2, 0.25) is 0 Å². The number of ketones is 1. The van der Waals surface area contributed by atoms with Crippen LogP contribution in [0.1, 0.15) is 24.2 Å². The molecule has 0 bridgehead atoms. The van der Waals surface area contributed by atoms with E-state index in [1.54, 1.807) is 0 Å². The third kappa shape index (κ3) is 2.51. The van der Waals surface area contributed by atoms with Crippen molar-refractivity contribution >= 4 is 12.1 Å². The molecule has 1 aliphatic rings. The monoisotopic (exact) mass is 245 g/mol. The molecule has 2 atom stereocenters. The van der Waals surface area contributed by atoms with Gasteiger partial charge in [-0.3, -0.25) is 4.79 Å². The molecule has 0 heterocycles. The van der Waals surface area contributed by atoms with Crippen molar-refractivity contribution in [3.8, 4) is 0 Å². The van der Waals surface area contributed by atoms with Gasteiger partial charge in [-0.05, 0) is 17.9 Å². The van der Waals surface area contributed by atoms with Crippen LogP contribution in [0, 0.1) is 17.3 Å². The zero-order valence-electron chi connectivity index (χ0n) is 10.8. The molecule has 1 fully saturated rings. The van der Waals surface area contributed by atoms with E-state index in [0.717, 1.165) is 18.4 Å². The minimum atomic E-state index is 0.0878. The highest BCUT2D eigenvalue weighted by Crippen LogP contribution is 2.56. The second kappa shape index (κ2) is 5.02. The van der Waals surface area contributed by atoms with Crippen LogP contribution in [0.3, 0.4) is 0 Å². The van der Waals surface area contributed by atoms with E-state index in [-0.39, 0.29) is 17.1 Å². The Bertz CT molecular complexity index is 439. The molecule has 3 heteroatoms. The van der Waals surface area contributed by atoms with Crippen LogP contribution in [0.15, 0.2) is 30.3 Å². The Morgan fingerprint density at radius 2 is 2.00 bits per heavy atom. The van der Waals surface area contributed by atoms with Gasteiger partial charge in [0.1, 0.15) is 6.29 Å². The van der Waals surface area contributed by atoms with Crippen molar-refractivity contribution in [3.63, 3.8) is 0 Å². The number of hydrogen-bond acceptors (Lipinski definition) is 3. The Labute approximate surface area is 108 Å². The number of benzene rings is 1. The van der Waals surface area contributed by atoms with Gasteiger partial charge in [0.25, 0.3) is 0 Å². The minimum absolute atomic E-state index is 0.0878. The van der Waals surface area contributed by atoms with E-state index in [9.17, 15) is 9.59 Å². The van der Waals surface area contributed by atoms with Gasteiger partial charge in [-0.15, -0.1) is 0 Å². The van der Waals surface area contributed by atoms with Crippen LogP contribution in [0.5, 0.6) is 0 Å². The van der Waals surface area contributed by atoms with Crippen LogP contribution in [-0.4, -0.2) is 25.2 Å². The molecular formula is C15H19NO2. The summed E-state index contributed by atoms with van der Waals surface area (Å²) in [5, 5.41) is 3.16. The maximum atomic E-state index is 11.8. The summed E-state index contributed by atoms with van der Waals surface area (Å²) in [6.07, 6.45) is 1.03. The first-order chi connectivity index (χ1) is 8.57. The lowest BCUT2D eigenvalue weighted by Crippen LogP contribution is -2.26. The molecule has 1 N–H and O–H groups in total. The zero-order valence-corrected chi connectivity index (χ0v) is 10.8. The van der Waals surface area contributed by atoms with E-state index in [1.165, 1.54) is 0 Å². The summed E-state index contributed by atoms with van der Waals surface area (Å²) < 4.78 is 0. The smallest absolute Gasteiger partial charge is 0.176 e. The van der Waals surface area contributed by atoms with Gasteiger partial charge in [-0.1, -0.05) is 44.2 Å². The quantitative estimate of drug-likeness (QED) is 0.615. The van der Waals surface area contributed by atoms with Gasteiger partial charge in [-0.25, -0.2) is 0 Å². The molecule has 0 saturated heterocycles. The van der Waals surface area contributed by atoms with Crippen LogP contribution in [-0.2, 0) is 4.79 Å². The molecule has 1 aliphatic carbocycles. The van der Waals surface area contributed by atoms with Gasteiger partial charge >= 0.3 is 0 Å². The Balaban J connectivity index is 1.77. The van der Waals surface area contributed by atoms with E-state index < -0.39 is 0 Å². The number of Topliss-reactive ketones (excluding diaryl/α,β-unsaturated/α-hetero) is 1. The summed E-state index contributed by atoms with van der Waals surface area (Å²) in [6, 6.07) is 9.25. The summed E-state index contributed by atoms with van der Waals surface area (Å²) in [5.41, 5.74) is 0.817. The van der Waals surface area contributed by atoms with Crippen molar-refractivity contribution in [2.45, 2.75) is 13.8 Å². The molecule has 0 amide bonds. The Morgan fingerprint density at radius 3 is 2.56 bits per heavy atom. The molecule has 2 unspecified atom stereocenters. The maximum Gasteiger partial charge on any atom is 0.176 e. The average molecular weight is 245 g/mol. The topological polar surface area (TPSA) is 46.2 Å². The van der Waals surface area contributed by atoms with E-state index >= 15 is 0 Å². The number of carbonyl (C=O) groups excluding carboxylic acids is 2. The van der Waals surface area contributed by atoms with Crippen LogP contribution in [0.25, 0.3) is 0 Å². The number of carbonyl (C=O) groups is 2. The number of aldehydes is 1. The van der Waals surface area contributed by atoms with E-state index in [4.69, 9.17) is 0 Å². The summed E-state index contributed by atoms with van der Waals surface area (Å²) in [4.78, 5) is 22.6. The summed E-state index contributed by atoms with van der Waals surface area (Å²) in [6.45, 7) is 5.26. The lowest BCUT2D eigenvalue weighted by Gasteiger charge is -2.05. The summed E-state index contributed by atoms with van der Waals surface area (Å²) >= 11 is 0. The standard InChI is InChI=1S/C15H19NO2/c1-15(2)12(13(15)10-17)8-16-9-14(18)11-6-4-3-5-7-11/h3-7,10,12-13,16H,8-9H2,1-2H3. The second-order valence-corrected chi connectivity index (χ2v) is 5.51. The van der Waals surface area contributed by atoms with Gasteiger partial charge in [0, 0.05) is 11.5 Å². The highest BCUT2D eigenvalue weighted by atomic mass is 16.1. The average Bonchev–Trinajstić information content (AvgIpc) is 2.91. The number of hydrogen-bond donors (Lipinski definition) is 1. The molecule has 1 aromatic carbocycles. The molecule has 1 aromatic rings. The van der Waals surface area contributed by atoms with Crippen molar-refractivity contribution < 1.29 is 9.59 Å². The maximum absolute atomic E-state index is 11.8. The Hall–Kier alpha value is -1.48. The lowest BCUT2D eigenvalue weighted by atomic mass is 10.1. The van der Waals surface area contributed by atoms with Gasteiger partial charge in [0.15, 0.2) is 5.78 Å². The van der Waals surface area contributed by atoms with E-state index in [1.807, 2.05) is 30.3 Å².